The molecule has 0 aliphatic rings. The predicted molar refractivity (Wildman–Crippen MR) is 69.5 cm³/mol. The Morgan fingerprint density at radius 1 is 1.50 bits per heavy atom. The fraction of sp³-hybridized carbons (Fsp3) is 0.385. The number of aromatic nitrogens is 3. The van der Waals surface area contributed by atoms with Crippen LogP contribution in [0.2, 0.25) is 0 Å². The number of pyridine rings is 1. The highest BCUT2D eigenvalue weighted by molar-refractivity contribution is 5.34. The van der Waals surface area contributed by atoms with Crippen LogP contribution in [0.3, 0.4) is 0 Å². The smallest absolute Gasteiger partial charge is 0.142 e. The van der Waals surface area contributed by atoms with E-state index in [1.165, 1.54) is 0 Å². The molecule has 0 aliphatic heterocycles. The minimum absolute atomic E-state index is 0.0151. The average Bonchev–Trinajstić information content (AvgIpc) is 2.82. The molecule has 1 N–H and O–H groups in total. The molecule has 0 radical (unpaired) electrons. The molecule has 0 bridgehead atoms. The Morgan fingerprint density at radius 2 is 2.33 bits per heavy atom. The van der Waals surface area contributed by atoms with Gasteiger partial charge in [-0.1, -0.05) is 6.92 Å². The number of rotatable bonds is 5. The van der Waals surface area contributed by atoms with Crippen LogP contribution in [0.25, 0.3) is 0 Å². The number of aryl methyl sites for hydroxylation is 1. The Bertz CT molecular complexity index is 509. The van der Waals surface area contributed by atoms with Crippen molar-refractivity contribution in [2.24, 2.45) is 7.05 Å². The van der Waals surface area contributed by atoms with Crippen molar-refractivity contribution in [2.45, 2.75) is 13.0 Å². The first-order valence-corrected chi connectivity index (χ1v) is 5.96. The van der Waals surface area contributed by atoms with E-state index in [0.717, 1.165) is 23.7 Å². The van der Waals surface area contributed by atoms with Gasteiger partial charge in [0.05, 0.1) is 31.4 Å². The predicted octanol–water partition coefficient (Wildman–Crippen LogP) is 1.52. The van der Waals surface area contributed by atoms with Crippen molar-refractivity contribution in [3.63, 3.8) is 0 Å². The molecule has 5 nitrogen and oxygen atoms in total. The van der Waals surface area contributed by atoms with Gasteiger partial charge in [-0.05, 0) is 18.7 Å². The Balaban J connectivity index is 2.45. The number of methoxy groups -OCH3 is 1. The minimum atomic E-state index is -0.0151. The van der Waals surface area contributed by atoms with E-state index in [0.29, 0.717) is 0 Å². The summed E-state index contributed by atoms with van der Waals surface area (Å²) in [6.45, 7) is 2.91. The SMILES string of the molecule is CCNC(c1ncccc1OC)c1cncn1C. The van der Waals surface area contributed by atoms with Crippen molar-refractivity contribution in [1.29, 1.82) is 0 Å². The Morgan fingerprint density at radius 3 is 2.94 bits per heavy atom. The Hall–Kier alpha value is -1.88. The summed E-state index contributed by atoms with van der Waals surface area (Å²) in [6, 6.07) is 3.77. The van der Waals surface area contributed by atoms with Crippen LogP contribution < -0.4 is 10.1 Å². The molecule has 1 atom stereocenters. The van der Waals surface area contributed by atoms with Crippen molar-refractivity contribution in [3.8, 4) is 5.75 Å². The van der Waals surface area contributed by atoms with E-state index >= 15 is 0 Å². The topological polar surface area (TPSA) is 52.0 Å². The third kappa shape index (κ3) is 2.36. The molecule has 0 aliphatic carbocycles. The summed E-state index contributed by atoms with van der Waals surface area (Å²) in [5.41, 5.74) is 1.94. The van der Waals surface area contributed by atoms with Crippen molar-refractivity contribution in [3.05, 3.63) is 42.2 Å². The van der Waals surface area contributed by atoms with Crippen LogP contribution in [-0.4, -0.2) is 28.2 Å². The van der Waals surface area contributed by atoms with Gasteiger partial charge in [-0.25, -0.2) is 4.98 Å². The second kappa shape index (κ2) is 5.64. The molecular formula is C13H18N4O. The highest BCUT2D eigenvalue weighted by Gasteiger charge is 2.21. The van der Waals surface area contributed by atoms with Gasteiger partial charge in [0.1, 0.15) is 11.4 Å². The van der Waals surface area contributed by atoms with Crippen LogP contribution in [0.4, 0.5) is 0 Å². The summed E-state index contributed by atoms with van der Waals surface area (Å²) in [7, 11) is 3.63. The van der Waals surface area contributed by atoms with Gasteiger partial charge in [0.15, 0.2) is 0 Å². The maximum absolute atomic E-state index is 5.38. The lowest BCUT2D eigenvalue weighted by molar-refractivity contribution is 0.399. The number of ether oxygens (including phenoxy) is 1. The molecule has 2 aromatic heterocycles. The van der Waals surface area contributed by atoms with E-state index in [1.54, 1.807) is 19.6 Å². The molecular weight excluding hydrogens is 228 g/mol. The standard InChI is InChI=1S/C13H18N4O/c1-4-15-12(10-8-14-9-17(10)2)13-11(18-3)6-5-7-16-13/h5-9,12,15H,4H2,1-3H3. The monoisotopic (exact) mass is 246 g/mol. The van der Waals surface area contributed by atoms with Crippen LogP contribution in [0, 0.1) is 0 Å². The first kappa shape index (κ1) is 12.6. The summed E-state index contributed by atoms with van der Waals surface area (Å²) in [5.74, 6) is 0.782. The summed E-state index contributed by atoms with van der Waals surface area (Å²) in [4.78, 5) is 8.60. The molecule has 0 fully saturated rings. The lowest BCUT2D eigenvalue weighted by Gasteiger charge is -2.19. The van der Waals surface area contributed by atoms with Crippen molar-refractivity contribution in [2.75, 3.05) is 13.7 Å². The van der Waals surface area contributed by atoms with E-state index in [-0.39, 0.29) is 6.04 Å². The molecule has 1 unspecified atom stereocenters. The maximum atomic E-state index is 5.38. The summed E-state index contributed by atoms with van der Waals surface area (Å²) in [5, 5.41) is 3.41. The quantitative estimate of drug-likeness (QED) is 0.869. The first-order chi connectivity index (χ1) is 8.77. The van der Waals surface area contributed by atoms with E-state index in [2.05, 4.69) is 22.2 Å². The first-order valence-electron chi connectivity index (χ1n) is 5.96. The van der Waals surface area contributed by atoms with Crippen LogP contribution in [0.5, 0.6) is 5.75 Å². The highest BCUT2D eigenvalue weighted by Crippen LogP contribution is 2.27. The molecule has 0 aromatic carbocycles. The zero-order valence-electron chi connectivity index (χ0n) is 10.9. The number of nitrogens with one attached hydrogen (secondary N) is 1. The third-order valence-corrected chi connectivity index (χ3v) is 2.85. The molecule has 2 heterocycles. The van der Waals surface area contributed by atoms with E-state index in [4.69, 9.17) is 4.74 Å². The average molecular weight is 246 g/mol. The molecule has 0 saturated carbocycles. The Labute approximate surface area is 107 Å². The van der Waals surface area contributed by atoms with E-state index in [1.807, 2.05) is 29.9 Å². The molecule has 0 saturated heterocycles. The zero-order valence-corrected chi connectivity index (χ0v) is 10.9. The van der Waals surface area contributed by atoms with Gasteiger partial charge in [-0.2, -0.15) is 0 Å². The van der Waals surface area contributed by atoms with Crippen molar-refractivity contribution >= 4 is 0 Å². The molecule has 2 aromatic rings. The Kier molecular flexibility index (Phi) is 3.94. The summed E-state index contributed by atoms with van der Waals surface area (Å²) >= 11 is 0. The number of hydrogen-bond acceptors (Lipinski definition) is 4. The molecule has 18 heavy (non-hydrogen) atoms. The third-order valence-electron chi connectivity index (χ3n) is 2.85. The zero-order chi connectivity index (χ0) is 13.0. The van der Waals surface area contributed by atoms with Gasteiger partial charge in [0.25, 0.3) is 0 Å². The maximum Gasteiger partial charge on any atom is 0.142 e. The van der Waals surface area contributed by atoms with Gasteiger partial charge in [0.2, 0.25) is 0 Å². The lowest BCUT2D eigenvalue weighted by atomic mass is 10.1. The van der Waals surface area contributed by atoms with Crippen molar-refractivity contribution in [1.82, 2.24) is 19.9 Å². The molecule has 0 amide bonds. The van der Waals surface area contributed by atoms with Crippen molar-refractivity contribution < 1.29 is 4.74 Å². The molecule has 96 valence electrons. The normalized spacial score (nSPS) is 12.4. The lowest BCUT2D eigenvalue weighted by Crippen LogP contribution is -2.25. The minimum Gasteiger partial charge on any atom is -0.495 e. The molecule has 5 heteroatoms. The largest absolute Gasteiger partial charge is 0.495 e. The fourth-order valence-corrected chi connectivity index (χ4v) is 1.98. The van der Waals surface area contributed by atoms with Gasteiger partial charge >= 0.3 is 0 Å². The van der Waals surface area contributed by atoms with Crippen LogP contribution in [-0.2, 0) is 7.05 Å². The van der Waals surface area contributed by atoms with Crippen LogP contribution in [0.15, 0.2) is 30.9 Å². The summed E-state index contributed by atoms with van der Waals surface area (Å²) < 4.78 is 7.37. The van der Waals surface area contributed by atoms with Gasteiger partial charge in [-0.3, -0.25) is 4.98 Å². The van der Waals surface area contributed by atoms with Gasteiger partial charge in [0, 0.05) is 13.2 Å². The van der Waals surface area contributed by atoms with E-state index < -0.39 is 0 Å². The van der Waals surface area contributed by atoms with Crippen LogP contribution in [0.1, 0.15) is 24.4 Å². The van der Waals surface area contributed by atoms with Crippen LogP contribution >= 0.6 is 0 Å². The summed E-state index contributed by atoms with van der Waals surface area (Å²) in [6.07, 6.45) is 5.41. The molecule has 0 spiro atoms. The van der Waals surface area contributed by atoms with Gasteiger partial charge < -0.3 is 14.6 Å². The number of imidazole rings is 1. The molecule has 2 rings (SSSR count). The second-order valence-corrected chi connectivity index (χ2v) is 4.01. The highest BCUT2D eigenvalue weighted by atomic mass is 16.5. The van der Waals surface area contributed by atoms with Gasteiger partial charge in [-0.15, -0.1) is 0 Å². The fourth-order valence-electron chi connectivity index (χ4n) is 1.98. The second-order valence-electron chi connectivity index (χ2n) is 4.01. The van der Waals surface area contributed by atoms with E-state index in [9.17, 15) is 0 Å². The number of hydrogen-bond donors (Lipinski definition) is 1. The number of nitrogens with zero attached hydrogens (tertiary/aromatic N) is 3.